The van der Waals surface area contributed by atoms with Gasteiger partial charge in [0.1, 0.15) is 0 Å². The molecular weight excluding hydrogens is 511 g/mol. The highest BCUT2D eigenvalue weighted by molar-refractivity contribution is 6.42. The molecule has 0 bridgehead atoms. The average molecular weight is 541 g/mol. The van der Waals surface area contributed by atoms with Gasteiger partial charge in [0.15, 0.2) is 0 Å². The summed E-state index contributed by atoms with van der Waals surface area (Å²) in [4.78, 5) is 7.09. The van der Waals surface area contributed by atoms with Gasteiger partial charge in [0.05, 0.1) is 11.4 Å². The maximum Gasteiger partial charge on any atom is 0.678 e. The molecule has 0 spiro atoms. The molecule has 0 aliphatic carbocycles. The largest absolute Gasteiger partial charge is 0.678 e. The molecule has 2 aliphatic heterocycles. The zero-order valence-corrected chi connectivity index (χ0v) is 23.3. The topological polar surface area (TPSA) is 20.5 Å². The number of likely N-dealkylation sites (N-methyl/N-ethyl adjacent to an activating group) is 1. The summed E-state index contributed by atoms with van der Waals surface area (Å²) in [5.74, 6) is 0. The van der Waals surface area contributed by atoms with Crippen LogP contribution >= 0.6 is 0 Å². The molecule has 3 aromatic carbocycles. The van der Waals surface area contributed by atoms with Gasteiger partial charge in [-0.3, -0.25) is 8.63 Å². The fourth-order valence-corrected chi connectivity index (χ4v) is 5.84. The van der Waals surface area contributed by atoms with Gasteiger partial charge in [0, 0.05) is 46.4 Å². The van der Waals surface area contributed by atoms with Crippen LogP contribution in [-0.2, 0) is 5.41 Å². The molecule has 0 N–H and O–H groups in total. The Bertz CT molecular complexity index is 1740. The van der Waals surface area contributed by atoms with E-state index >= 15 is 0 Å². The molecule has 0 saturated carbocycles. The summed E-state index contributed by atoms with van der Waals surface area (Å²) in [5, 5.41) is 0. The monoisotopic (exact) mass is 541 g/mol. The minimum atomic E-state index is -2.73. The summed E-state index contributed by atoms with van der Waals surface area (Å²) in [7, 11) is -0.661. The summed E-state index contributed by atoms with van der Waals surface area (Å²) in [6, 6.07) is 31.1. The van der Waals surface area contributed by atoms with Crippen LogP contribution in [0, 0.1) is 0 Å². The first-order chi connectivity index (χ1) is 19.9. The van der Waals surface area contributed by atoms with Crippen molar-refractivity contribution in [3.63, 3.8) is 0 Å². The molecule has 3 heterocycles. The van der Waals surface area contributed by atoms with E-state index in [2.05, 4.69) is 50.1 Å². The molecule has 6 rings (SSSR count). The van der Waals surface area contributed by atoms with Gasteiger partial charge in [-0.1, -0.05) is 105 Å². The third kappa shape index (κ3) is 4.80. The van der Waals surface area contributed by atoms with Crippen molar-refractivity contribution in [3.8, 4) is 11.3 Å². The predicted molar refractivity (Wildman–Crippen MR) is 167 cm³/mol. The Hall–Kier alpha value is -4.71. The van der Waals surface area contributed by atoms with Crippen LogP contribution in [0.1, 0.15) is 30.7 Å². The van der Waals surface area contributed by atoms with Crippen LogP contribution in [0.5, 0.6) is 0 Å². The molecule has 4 aromatic rings. The Morgan fingerprint density at radius 1 is 0.805 bits per heavy atom. The Morgan fingerprint density at radius 2 is 1.46 bits per heavy atom. The van der Waals surface area contributed by atoms with E-state index in [0.717, 1.165) is 27.0 Å². The van der Waals surface area contributed by atoms with Crippen LogP contribution in [0.25, 0.3) is 16.8 Å². The maximum absolute atomic E-state index is 14.7. The van der Waals surface area contributed by atoms with Gasteiger partial charge >= 0.3 is 7.40 Å². The smallest absolute Gasteiger partial charge is 0.347 e. The van der Waals surface area contributed by atoms with Crippen molar-refractivity contribution >= 4 is 24.4 Å². The second kappa shape index (κ2) is 10.7. The third-order valence-electron chi connectivity index (χ3n) is 7.90. The number of aromatic nitrogens is 1. The van der Waals surface area contributed by atoms with Crippen molar-refractivity contribution in [1.29, 1.82) is 0 Å². The molecule has 0 atom stereocenters. The van der Waals surface area contributed by atoms with E-state index in [4.69, 9.17) is 4.99 Å². The lowest BCUT2D eigenvalue weighted by molar-refractivity contribution is 0.630. The molecule has 0 fully saturated rings. The Balaban J connectivity index is 1.48. The number of nitrogens with zero attached hydrogens (tertiary/aromatic N) is 3. The van der Waals surface area contributed by atoms with E-state index in [1.807, 2.05) is 91.0 Å². The fourth-order valence-electron chi connectivity index (χ4n) is 5.84. The highest BCUT2D eigenvalue weighted by Crippen LogP contribution is 2.46. The van der Waals surface area contributed by atoms with Gasteiger partial charge in [-0.15, -0.1) is 0 Å². The number of anilines is 1. The Morgan fingerprint density at radius 3 is 2.15 bits per heavy atom. The van der Waals surface area contributed by atoms with Gasteiger partial charge in [-0.25, -0.2) is 4.99 Å². The van der Waals surface area contributed by atoms with E-state index in [-0.39, 0.29) is 5.41 Å². The van der Waals surface area contributed by atoms with E-state index in [0.29, 0.717) is 22.7 Å². The summed E-state index contributed by atoms with van der Waals surface area (Å²) < 4.78 is 30.5. The first-order valence-corrected chi connectivity index (χ1v) is 13.7. The van der Waals surface area contributed by atoms with E-state index in [1.54, 1.807) is 12.1 Å². The lowest BCUT2D eigenvalue weighted by atomic mass is 9.84. The quantitative estimate of drug-likeness (QED) is 0.224. The highest BCUT2D eigenvalue weighted by atomic mass is 19.2. The second-order valence-corrected chi connectivity index (χ2v) is 10.7. The standard InChI is InChI=1S/C35H30BF2N3/c1-35(2)28-18-10-11-19-33(28)40(3)34(35)20-12-17-27(30-22-21-29(39-30)25-13-6-4-7-14-25)32-24-23-31(41(32)36(37)38)26-15-8-5-9-16-26/h4-24H,1-3H3/b17-12+,30-27+,34-20-. The number of hydrogen-bond acceptors (Lipinski definition) is 2. The van der Waals surface area contributed by atoms with Crippen LogP contribution < -0.4 is 4.90 Å². The van der Waals surface area contributed by atoms with Crippen LogP contribution in [0.4, 0.5) is 14.3 Å². The van der Waals surface area contributed by atoms with E-state index in [9.17, 15) is 8.63 Å². The zero-order chi connectivity index (χ0) is 28.6. The molecule has 1 aromatic heterocycles. The number of aliphatic imine (C=N–C) groups is 1. The van der Waals surface area contributed by atoms with Crippen molar-refractivity contribution < 1.29 is 8.63 Å². The van der Waals surface area contributed by atoms with Crippen LogP contribution in [0.3, 0.4) is 0 Å². The van der Waals surface area contributed by atoms with Crippen molar-refractivity contribution in [2.24, 2.45) is 4.99 Å². The average Bonchev–Trinajstić information content (AvgIpc) is 3.70. The summed E-state index contributed by atoms with van der Waals surface area (Å²) in [5.41, 5.74) is 8.01. The molecule has 0 amide bonds. The summed E-state index contributed by atoms with van der Waals surface area (Å²) in [6.07, 6.45) is 9.78. The zero-order valence-electron chi connectivity index (χ0n) is 23.3. The van der Waals surface area contributed by atoms with Crippen molar-refractivity contribution in [2.45, 2.75) is 19.3 Å². The fraction of sp³-hybridized carbons (Fsp3) is 0.114. The van der Waals surface area contributed by atoms with E-state index in [1.165, 1.54) is 11.3 Å². The molecule has 0 saturated heterocycles. The minimum Gasteiger partial charge on any atom is -0.347 e. The first-order valence-electron chi connectivity index (χ1n) is 13.7. The van der Waals surface area contributed by atoms with Crippen LogP contribution in [0.15, 0.2) is 144 Å². The number of halogens is 2. The maximum atomic E-state index is 14.7. The highest BCUT2D eigenvalue weighted by Gasteiger charge is 2.37. The van der Waals surface area contributed by atoms with Crippen molar-refractivity contribution in [1.82, 2.24) is 4.48 Å². The van der Waals surface area contributed by atoms with Gasteiger partial charge in [0.2, 0.25) is 0 Å². The first kappa shape index (κ1) is 26.5. The number of benzene rings is 3. The normalized spacial score (nSPS) is 17.8. The Kier molecular flexibility index (Phi) is 6.92. The number of fused-ring (bicyclic) bond motifs is 1. The summed E-state index contributed by atoms with van der Waals surface area (Å²) >= 11 is 0. The van der Waals surface area contributed by atoms with Crippen LogP contribution in [0.2, 0.25) is 0 Å². The molecule has 2 aliphatic rings. The van der Waals surface area contributed by atoms with Gasteiger partial charge in [-0.05, 0) is 47.6 Å². The van der Waals surface area contributed by atoms with Gasteiger partial charge in [0.25, 0.3) is 0 Å². The number of hydrogen-bond donors (Lipinski definition) is 0. The molecule has 0 unspecified atom stereocenters. The predicted octanol–water partition coefficient (Wildman–Crippen LogP) is 8.57. The molecular formula is C35H30BF2N3. The molecule has 6 heteroatoms. The number of allylic oxidation sites excluding steroid dienone is 7. The minimum absolute atomic E-state index is 0.196. The third-order valence-corrected chi connectivity index (χ3v) is 7.90. The second-order valence-electron chi connectivity index (χ2n) is 10.7. The molecule has 41 heavy (non-hydrogen) atoms. The van der Waals surface area contributed by atoms with Crippen molar-refractivity contribution in [3.05, 3.63) is 156 Å². The van der Waals surface area contributed by atoms with Gasteiger partial charge in [-0.2, -0.15) is 0 Å². The Labute approximate surface area is 240 Å². The number of rotatable bonds is 6. The molecule has 202 valence electrons. The van der Waals surface area contributed by atoms with E-state index < -0.39 is 7.40 Å². The van der Waals surface area contributed by atoms with Crippen molar-refractivity contribution in [2.75, 3.05) is 11.9 Å². The molecule has 3 nitrogen and oxygen atoms in total. The summed E-state index contributed by atoms with van der Waals surface area (Å²) in [6.45, 7) is 4.41. The van der Waals surface area contributed by atoms with Crippen LogP contribution in [-0.4, -0.2) is 24.6 Å². The lowest BCUT2D eigenvalue weighted by Crippen LogP contribution is -2.22. The molecule has 0 radical (unpaired) electrons. The lowest BCUT2D eigenvalue weighted by Gasteiger charge is -2.23. The van der Waals surface area contributed by atoms with Gasteiger partial charge < -0.3 is 9.38 Å². The number of para-hydroxylation sites is 1. The SMILES string of the molecule is CN1\C(=C/C=C/C(=C2/C=CC(c3ccccc3)=N2)c2ccc(-c3ccccc3)n2B(F)F)C(C)(C)c2ccccc21.